The van der Waals surface area contributed by atoms with E-state index in [4.69, 9.17) is 23.4 Å². The second-order valence-electron chi connectivity index (χ2n) is 8.10. The Hall–Kier alpha value is -1.60. The molecule has 7 heteroatoms. The van der Waals surface area contributed by atoms with Crippen LogP contribution in [0.1, 0.15) is 38.7 Å². The number of fused-ring (bicyclic) bond motifs is 3. The van der Waals surface area contributed by atoms with Crippen LogP contribution in [-0.4, -0.2) is 40.5 Å². The predicted molar refractivity (Wildman–Crippen MR) is 96.8 cm³/mol. The molecule has 0 unspecified atom stereocenters. The number of phenolic OH excluding ortho intramolecular Hbond substituents is 1. The molecule has 6 nitrogen and oxygen atoms in total. The SMILES string of the molecule is COc1c(O[Si](C)(C)C(C)(C)C)c(O)c2c(c1OC)O[C@H]1OCC[C@@H]21. The van der Waals surface area contributed by atoms with Crippen molar-refractivity contribution in [3.05, 3.63) is 5.56 Å². The van der Waals surface area contributed by atoms with Gasteiger partial charge in [0.2, 0.25) is 17.8 Å². The molecule has 1 aromatic rings. The van der Waals surface area contributed by atoms with Crippen LogP contribution in [0.4, 0.5) is 0 Å². The average molecular weight is 369 g/mol. The molecule has 1 aromatic carbocycles. The van der Waals surface area contributed by atoms with E-state index in [9.17, 15) is 5.11 Å². The van der Waals surface area contributed by atoms with Crippen molar-refractivity contribution < 1.29 is 28.5 Å². The van der Waals surface area contributed by atoms with Gasteiger partial charge in [0.05, 0.1) is 32.3 Å². The van der Waals surface area contributed by atoms with Crippen LogP contribution in [0.25, 0.3) is 0 Å². The molecule has 0 radical (unpaired) electrons. The molecule has 2 aliphatic heterocycles. The van der Waals surface area contributed by atoms with E-state index in [2.05, 4.69) is 33.9 Å². The van der Waals surface area contributed by atoms with Crippen LogP contribution in [0.5, 0.6) is 28.7 Å². The molecule has 0 amide bonds. The lowest BCUT2D eigenvalue weighted by Crippen LogP contribution is -2.44. The first-order valence-electron chi connectivity index (χ1n) is 8.60. The van der Waals surface area contributed by atoms with Crippen molar-refractivity contribution in [3.8, 4) is 28.7 Å². The smallest absolute Gasteiger partial charge is 0.250 e. The lowest BCUT2D eigenvalue weighted by Gasteiger charge is -2.37. The van der Waals surface area contributed by atoms with Crippen LogP contribution in [0.2, 0.25) is 18.1 Å². The summed E-state index contributed by atoms with van der Waals surface area (Å²) in [6.07, 6.45) is 0.405. The van der Waals surface area contributed by atoms with Crippen LogP contribution >= 0.6 is 0 Å². The van der Waals surface area contributed by atoms with Gasteiger partial charge in [-0.05, 0) is 24.6 Å². The summed E-state index contributed by atoms with van der Waals surface area (Å²) in [5.74, 6) is 1.72. The molecule has 25 heavy (non-hydrogen) atoms. The van der Waals surface area contributed by atoms with Crippen molar-refractivity contribution in [2.24, 2.45) is 0 Å². The van der Waals surface area contributed by atoms with Gasteiger partial charge in [-0.2, -0.15) is 0 Å². The summed E-state index contributed by atoms with van der Waals surface area (Å²) in [7, 11) is 0.901. The molecule has 0 aromatic heterocycles. The highest BCUT2D eigenvalue weighted by atomic mass is 28.4. The first kappa shape index (κ1) is 18.2. The number of rotatable bonds is 4. The highest BCUT2D eigenvalue weighted by molar-refractivity contribution is 6.74. The average Bonchev–Trinajstić information content (AvgIpc) is 3.08. The second kappa shape index (κ2) is 5.98. The lowest BCUT2D eigenvalue weighted by molar-refractivity contribution is -0.0348. The maximum absolute atomic E-state index is 11.0. The number of methoxy groups -OCH3 is 2. The third-order valence-electron chi connectivity index (χ3n) is 5.55. The van der Waals surface area contributed by atoms with E-state index in [0.717, 1.165) is 6.42 Å². The van der Waals surface area contributed by atoms with E-state index in [0.29, 0.717) is 35.2 Å². The molecule has 2 aliphatic rings. The van der Waals surface area contributed by atoms with Crippen LogP contribution in [0.3, 0.4) is 0 Å². The fraction of sp³-hybridized carbons (Fsp3) is 0.667. The molecule has 0 spiro atoms. The third kappa shape index (κ3) is 2.73. The molecule has 1 saturated heterocycles. The van der Waals surface area contributed by atoms with Gasteiger partial charge in [0.1, 0.15) is 0 Å². The Morgan fingerprint density at radius 3 is 2.28 bits per heavy atom. The van der Waals surface area contributed by atoms with E-state index < -0.39 is 8.32 Å². The zero-order valence-electron chi connectivity index (χ0n) is 16.1. The Morgan fingerprint density at radius 1 is 1.08 bits per heavy atom. The summed E-state index contributed by atoms with van der Waals surface area (Å²) in [5, 5.41) is 11.0. The summed E-state index contributed by atoms with van der Waals surface area (Å²) in [4.78, 5) is 0. The van der Waals surface area contributed by atoms with Gasteiger partial charge in [-0.1, -0.05) is 20.8 Å². The molecule has 3 rings (SSSR count). The molecule has 0 aliphatic carbocycles. The van der Waals surface area contributed by atoms with Crippen LogP contribution in [0.15, 0.2) is 0 Å². The minimum atomic E-state index is -2.19. The summed E-state index contributed by atoms with van der Waals surface area (Å²) in [6.45, 7) is 11.3. The van der Waals surface area contributed by atoms with Crippen molar-refractivity contribution in [2.75, 3.05) is 20.8 Å². The highest BCUT2D eigenvalue weighted by Crippen LogP contribution is 2.61. The number of aromatic hydroxyl groups is 1. The molecule has 0 bridgehead atoms. The predicted octanol–water partition coefficient (Wildman–Crippen LogP) is 4.02. The number of benzene rings is 1. The molecule has 140 valence electrons. The summed E-state index contributed by atoms with van der Waals surface area (Å²) >= 11 is 0. The number of ether oxygens (including phenoxy) is 4. The third-order valence-corrected chi connectivity index (χ3v) is 9.88. The molecular formula is C18H28O6Si. The van der Waals surface area contributed by atoms with E-state index in [1.165, 1.54) is 7.11 Å². The maximum Gasteiger partial charge on any atom is 0.250 e. The Balaban J connectivity index is 2.17. The highest BCUT2D eigenvalue weighted by Gasteiger charge is 2.47. The van der Waals surface area contributed by atoms with E-state index in [1.807, 2.05) is 0 Å². The van der Waals surface area contributed by atoms with Crippen molar-refractivity contribution >= 4 is 8.32 Å². The monoisotopic (exact) mass is 368 g/mol. The largest absolute Gasteiger partial charge is 0.538 e. The minimum absolute atomic E-state index is 0.0171. The zero-order chi connectivity index (χ0) is 18.6. The van der Waals surface area contributed by atoms with Gasteiger partial charge in [0.25, 0.3) is 8.32 Å². The zero-order valence-corrected chi connectivity index (χ0v) is 17.1. The fourth-order valence-corrected chi connectivity index (χ4v) is 4.08. The quantitative estimate of drug-likeness (QED) is 0.810. The first-order valence-corrected chi connectivity index (χ1v) is 11.5. The van der Waals surface area contributed by atoms with Crippen molar-refractivity contribution in [3.63, 3.8) is 0 Å². The van der Waals surface area contributed by atoms with Gasteiger partial charge >= 0.3 is 0 Å². The van der Waals surface area contributed by atoms with Crippen LogP contribution in [0, 0.1) is 0 Å². The van der Waals surface area contributed by atoms with Crippen LogP contribution in [-0.2, 0) is 4.74 Å². The summed E-state index contributed by atoms with van der Waals surface area (Å²) in [5.41, 5.74) is 0.703. The summed E-state index contributed by atoms with van der Waals surface area (Å²) in [6, 6.07) is 0. The number of hydrogen-bond donors (Lipinski definition) is 1. The van der Waals surface area contributed by atoms with Gasteiger partial charge in [0.15, 0.2) is 17.2 Å². The Morgan fingerprint density at radius 2 is 1.72 bits per heavy atom. The lowest BCUT2D eigenvalue weighted by atomic mass is 9.96. The van der Waals surface area contributed by atoms with E-state index in [-0.39, 0.29) is 23.0 Å². The van der Waals surface area contributed by atoms with E-state index in [1.54, 1.807) is 7.11 Å². The maximum atomic E-state index is 11.0. The Kier molecular flexibility index (Phi) is 4.35. The molecule has 2 heterocycles. The van der Waals surface area contributed by atoms with Gasteiger partial charge in [-0.15, -0.1) is 0 Å². The van der Waals surface area contributed by atoms with Gasteiger partial charge < -0.3 is 28.5 Å². The molecule has 1 fully saturated rings. The standard InChI is InChI=1S/C18H28O6Si/c1-18(2,3)25(6,7)24-14-12(19)11-10-8-9-22-17(10)23-13(11)15(20-4)16(14)21-5/h10,17,19H,8-9H2,1-7H3/t10-,17+/m0/s1. The Bertz CT molecular complexity index is 679. The van der Waals surface area contributed by atoms with Crippen molar-refractivity contribution in [1.29, 1.82) is 0 Å². The summed E-state index contributed by atoms with van der Waals surface area (Å²) < 4.78 is 29.0. The molecule has 1 N–H and O–H groups in total. The fourth-order valence-electron chi connectivity index (χ4n) is 3.08. The molecule has 0 saturated carbocycles. The van der Waals surface area contributed by atoms with Gasteiger partial charge in [0, 0.05) is 0 Å². The van der Waals surface area contributed by atoms with Gasteiger partial charge in [-0.3, -0.25) is 0 Å². The second-order valence-corrected chi connectivity index (χ2v) is 12.8. The number of phenols is 1. The van der Waals surface area contributed by atoms with Crippen molar-refractivity contribution in [1.82, 2.24) is 0 Å². The number of hydrogen-bond acceptors (Lipinski definition) is 6. The normalized spacial score (nSPS) is 22.2. The minimum Gasteiger partial charge on any atom is -0.538 e. The van der Waals surface area contributed by atoms with E-state index >= 15 is 0 Å². The van der Waals surface area contributed by atoms with Crippen molar-refractivity contribution in [2.45, 2.75) is 57.5 Å². The van der Waals surface area contributed by atoms with Crippen LogP contribution < -0.4 is 18.6 Å². The Labute approximate surface area is 150 Å². The molecular weight excluding hydrogens is 340 g/mol. The topological polar surface area (TPSA) is 66.4 Å². The molecule has 2 atom stereocenters. The first-order chi connectivity index (χ1) is 11.6. The van der Waals surface area contributed by atoms with Gasteiger partial charge in [-0.25, -0.2) is 0 Å².